The van der Waals surface area contributed by atoms with Gasteiger partial charge in [0.05, 0.1) is 17.7 Å². The molecule has 0 aliphatic carbocycles. The number of hydrogen-bond donors (Lipinski definition) is 2. The van der Waals surface area contributed by atoms with Crippen LogP contribution < -0.4 is 10.6 Å². The summed E-state index contributed by atoms with van der Waals surface area (Å²) in [5, 5.41) is 5.75. The van der Waals surface area contributed by atoms with Crippen molar-refractivity contribution in [3.8, 4) is 11.1 Å². The highest BCUT2D eigenvalue weighted by molar-refractivity contribution is 5.90. The molecule has 0 spiro atoms. The minimum absolute atomic E-state index is 0.222. The molecule has 6 heteroatoms. The molecule has 2 heterocycles. The molecule has 6 nitrogen and oxygen atoms in total. The topological polar surface area (TPSA) is 71.8 Å². The number of aryl methyl sites for hydroxylation is 2. The van der Waals surface area contributed by atoms with Gasteiger partial charge < -0.3 is 15.2 Å². The summed E-state index contributed by atoms with van der Waals surface area (Å²) in [5.41, 5.74) is 3.54. The lowest BCUT2D eigenvalue weighted by Gasteiger charge is -2.11. The predicted molar refractivity (Wildman–Crippen MR) is 98.3 cm³/mol. The molecule has 0 unspecified atom stereocenters. The van der Waals surface area contributed by atoms with Crippen LogP contribution in [0.4, 0.5) is 10.5 Å². The minimum Gasteiger partial charge on any atom is -0.338 e. The Kier molecular flexibility index (Phi) is 5.41. The van der Waals surface area contributed by atoms with E-state index in [1.165, 1.54) is 0 Å². The molecule has 0 aliphatic heterocycles. The first kappa shape index (κ1) is 16.7. The van der Waals surface area contributed by atoms with Crippen molar-refractivity contribution >= 4 is 11.7 Å². The van der Waals surface area contributed by atoms with Crippen LogP contribution in [0.5, 0.6) is 0 Å². The van der Waals surface area contributed by atoms with Gasteiger partial charge in [0.15, 0.2) is 0 Å². The van der Waals surface area contributed by atoms with Gasteiger partial charge in [-0.25, -0.2) is 9.78 Å². The van der Waals surface area contributed by atoms with Crippen molar-refractivity contribution in [2.45, 2.75) is 19.9 Å². The fourth-order valence-corrected chi connectivity index (χ4v) is 2.50. The van der Waals surface area contributed by atoms with E-state index in [9.17, 15) is 4.79 Å². The number of imidazole rings is 1. The van der Waals surface area contributed by atoms with Crippen LogP contribution in [0.15, 0.2) is 61.3 Å². The number of hydrogen-bond acceptors (Lipinski definition) is 3. The Morgan fingerprint density at radius 2 is 2.04 bits per heavy atom. The molecule has 3 aromatic rings. The third-order valence-electron chi connectivity index (χ3n) is 3.88. The third kappa shape index (κ3) is 4.67. The number of pyridine rings is 1. The number of amides is 2. The maximum Gasteiger partial charge on any atom is 0.319 e. The van der Waals surface area contributed by atoms with Crippen molar-refractivity contribution < 1.29 is 4.79 Å². The second kappa shape index (κ2) is 8.10. The first-order valence-corrected chi connectivity index (χ1v) is 8.25. The third-order valence-corrected chi connectivity index (χ3v) is 3.88. The average molecular weight is 335 g/mol. The number of carbonyl (C=O) groups is 1. The molecule has 25 heavy (non-hydrogen) atoms. The summed E-state index contributed by atoms with van der Waals surface area (Å²) in [6.07, 6.45) is 8.08. The molecule has 2 aromatic heterocycles. The van der Waals surface area contributed by atoms with E-state index >= 15 is 0 Å². The fraction of sp³-hybridized carbons (Fsp3) is 0.211. The van der Waals surface area contributed by atoms with Crippen LogP contribution in [0.3, 0.4) is 0 Å². The van der Waals surface area contributed by atoms with Crippen molar-refractivity contribution in [2.24, 2.45) is 0 Å². The van der Waals surface area contributed by atoms with E-state index in [4.69, 9.17) is 0 Å². The smallest absolute Gasteiger partial charge is 0.319 e. The van der Waals surface area contributed by atoms with E-state index < -0.39 is 0 Å². The monoisotopic (exact) mass is 335 g/mol. The summed E-state index contributed by atoms with van der Waals surface area (Å²) in [5.74, 6) is 0. The minimum atomic E-state index is -0.222. The van der Waals surface area contributed by atoms with Gasteiger partial charge in [-0.3, -0.25) is 4.98 Å². The molecular formula is C19H21N5O. The van der Waals surface area contributed by atoms with Gasteiger partial charge in [-0.05, 0) is 25.0 Å². The van der Waals surface area contributed by atoms with E-state index in [-0.39, 0.29) is 6.03 Å². The van der Waals surface area contributed by atoms with Crippen LogP contribution >= 0.6 is 0 Å². The van der Waals surface area contributed by atoms with Gasteiger partial charge in [0.2, 0.25) is 0 Å². The highest BCUT2D eigenvalue weighted by atomic mass is 16.2. The molecule has 0 bridgehead atoms. The SMILES string of the molecule is Cc1ncc(-c2ccccc2)cc1NC(=O)NCCCn1ccnc1. The zero-order valence-electron chi connectivity index (χ0n) is 14.1. The average Bonchev–Trinajstić information content (AvgIpc) is 3.15. The Hall–Kier alpha value is -3.15. The van der Waals surface area contributed by atoms with Gasteiger partial charge in [-0.1, -0.05) is 30.3 Å². The highest BCUT2D eigenvalue weighted by Gasteiger charge is 2.07. The first-order chi connectivity index (χ1) is 12.2. The van der Waals surface area contributed by atoms with Gasteiger partial charge in [-0.15, -0.1) is 0 Å². The van der Waals surface area contributed by atoms with Gasteiger partial charge in [-0.2, -0.15) is 0 Å². The second-order valence-corrected chi connectivity index (χ2v) is 5.76. The van der Waals surface area contributed by atoms with Gasteiger partial charge in [0, 0.05) is 37.2 Å². The predicted octanol–water partition coefficient (Wildman–Crippen LogP) is 3.47. The lowest BCUT2D eigenvalue weighted by atomic mass is 10.1. The van der Waals surface area contributed by atoms with Crippen LogP contribution in [0, 0.1) is 6.92 Å². The molecule has 2 amide bonds. The van der Waals surface area contributed by atoms with Crippen molar-refractivity contribution in [1.82, 2.24) is 19.9 Å². The number of rotatable bonds is 6. The summed E-state index contributed by atoms with van der Waals surface area (Å²) in [4.78, 5) is 20.5. The largest absolute Gasteiger partial charge is 0.338 e. The summed E-state index contributed by atoms with van der Waals surface area (Å²) in [7, 11) is 0. The molecule has 0 aliphatic rings. The molecular weight excluding hydrogens is 314 g/mol. The fourth-order valence-electron chi connectivity index (χ4n) is 2.50. The molecule has 1 aromatic carbocycles. The normalized spacial score (nSPS) is 10.4. The lowest BCUT2D eigenvalue weighted by molar-refractivity contribution is 0.252. The zero-order chi connectivity index (χ0) is 17.5. The number of carbonyl (C=O) groups excluding carboxylic acids is 1. The quantitative estimate of drug-likeness (QED) is 0.678. The molecule has 0 fully saturated rings. The number of nitrogens with one attached hydrogen (secondary N) is 2. The highest BCUT2D eigenvalue weighted by Crippen LogP contribution is 2.23. The molecule has 0 radical (unpaired) electrons. The maximum absolute atomic E-state index is 12.1. The zero-order valence-corrected chi connectivity index (χ0v) is 14.1. The Labute approximate surface area is 146 Å². The second-order valence-electron chi connectivity index (χ2n) is 5.76. The number of anilines is 1. The van der Waals surface area contributed by atoms with Crippen molar-refractivity contribution in [3.63, 3.8) is 0 Å². The Morgan fingerprint density at radius 1 is 1.20 bits per heavy atom. The van der Waals surface area contributed by atoms with Gasteiger partial charge >= 0.3 is 6.03 Å². The molecule has 3 rings (SSSR count). The summed E-state index contributed by atoms with van der Waals surface area (Å²) in [6, 6.07) is 11.7. The summed E-state index contributed by atoms with van der Waals surface area (Å²) >= 11 is 0. The lowest BCUT2D eigenvalue weighted by Crippen LogP contribution is -2.30. The van der Waals surface area contributed by atoms with E-state index in [0.717, 1.165) is 29.8 Å². The summed E-state index contributed by atoms with van der Waals surface area (Å²) < 4.78 is 1.98. The van der Waals surface area contributed by atoms with Gasteiger partial charge in [0.1, 0.15) is 0 Å². The molecule has 128 valence electrons. The van der Waals surface area contributed by atoms with Crippen molar-refractivity contribution in [2.75, 3.05) is 11.9 Å². The van der Waals surface area contributed by atoms with E-state index in [0.29, 0.717) is 12.2 Å². The first-order valence-electron chi connectivity index (χ1n) is 8.25. The summed E-state index contributed by atoms with van der Waals surface area (Å²) in [6.45, 7) is 3.29. The van der Waals surface area contributed by atoms with Crippen LogP contribution in [-0.2, 0) is 6.54 Å². The van der Waals surface area contributed by atoms with Crippen LogP contribution in [0.1, 0.15) is 12.1 Å². The Bertz CT molecular complexity index is 815. The number of nitrogens with zero attached hydrogens (tertiary/aromatic N) is 3. The van der Waals surface area contributed by atoms with Gasteiger partial charge in [0.25, 0.3) is 0 Å². The molecule has 0 atom stereocenters. The Balaban J connectivity index is 1.55. The van der Waals surface area contributed by atoms with E-state index in [1.807, 2.05) is 60.3 Å². The van der Waals surface area contributed by atoms with Crippen molar-refractivity contribution in [3.05, 3.63) is 67.0 Å². The van der Waals surface area contributed by atoms with E-state index in [2.05, 4.69) is 20.6 Å². The molecule has 0 saturated heterocycles. The number of benzene rings is 1. The van der Waals surface area contributed by atoms with Crippen LogP contribution in [-0.4, -0.2) is 27.1 Å². The molecule has 0 saturated carbocycles. The maximum atomic E-state index is 12.1. The van der Waals surface area contributed by atoms with Crippen LogP contribution in [0.2, 0.25) is 0 Å². The van der Waals surface area contributed by atoms with Crippen molar-refractivity contribution in [1.29, 1.82) is 0 Å². The molecule has 2 N–H and O–H groups in total. The van der Waals surface area contributed by atoms with Crippen LogP contribution in [0.25, 0.3) is 11.1 Å². The van der Waals surface area contributed by atoms with E-state index in [1.54, 1.807) is 12.5 Å². The standard InChI is InChI=1S/C19H21N5O/c1-15-18(12-17(13-22-15)16-6-3-2-4-7-16)23-19(25)21-8-5-10-24-11-9-20-14-24/h2-4,6-7,9,11-14H,5,8,10H2,1H3,(H2,21,23,25). The number of urea groups is 1. The number of aromatic nitrogens is 3. The Morgan fingerprint density at radius 3 is 2.80 bits per heavy atom.